The van der Waals surface area contributed by atoms with Crippen LogP contribution < -0.4 is 14.2 Å². The molecule has 0 saturated carbocycles. The Hall–Kier alpha value is -3.23. The Bertz CT molecular complexity index is 641. The number of aromatic carboxylic acids is 1. The zero-order chi connectivity index (χ0) is 19.5. The van der Waals surface area contributed by atoms with E-state index in [1.807, 2.05) is 0 Å². The Kier molecular flexibility index (Phi) is 8.48. The highest BCUT2D eigenvalue weighted by Gasteiger charge is 2.20. The first-order valence-corrected chi connectivity index (χ1v) is 7.56. The van der Waals surface area contributed by atoms with Gasteiger partial charge in [-0.3, -0.25) is 0 Å². The van der Waals surface area contributed by atoms with Crippen LogP contribution in [0.2, 0.25) is 0 Å². The van der Waals surface area contributed by atoms with Crippen molar-refractivity contribution in [1.82, 2.24) is 0 Å². The fourth-order valence-electron chi connectivity index (χ4n) is 1.81. The van der Waals surface area contributed by atoms with Crippen molar-refractivity contribution in [3.63, 3.8) is 0 Å². The minimum atomic E-state index is -1.19. The molecule has 0 amide bonds. The molecule has 1 N–H and O–H groups in total. The summed E-state index contributed by atoms with van der Waals surface area (Å²) >= 11 is 0. The third-order valence-corrected chi connectivity index (χ3v) is 3.06. The van der Waals surface area contributed by atoms with Gasteiger partial charge >= 0.3 is 18.1 Å². The molecular formula is C17H20O9. The molecule has 0 heterocycles. The molecule has 1 aromatic rings. The molecule has 0 aliphatic heterocycles. The number of rotatable bonds is 10. The second-order valence-electron chi connectivity index (χ2n) is 4.79. The average molecular weight is 368 g/mol. The summed E-state index contributed by atoms with van der Waals surface area (Å²) in [6.45, 7) is 3.49. The lowest BCUT2D eigenvalue weighted by atomic mass is 10.2. The molecule has 0 unspecified atom stereocenters. The summed E-state index contributed by atoms with van der Waals surface area (Å²) in [5.41, 5.74) is -0.0894. The predicted octanol–water partition coefficient (Wildman–Crippen LogP) is 2.43. The molecular weight excluding hydrogens is 348 g/mol. The molecule has 0 aliphatic rings. The maximum absolute atomic E-state index is 11.8. The van der Waals surface area contributed by atoms with E-state index in [1.54, 1.807) is 0 Å². The number of carbonyl (C=O) groups is 3. The average Bonchev–Trinajstić information content (AvgIpc) is 2.63. The number of ether oxygens (including phenoxy) is 5. The van der Waals surface area contributed by atoms with Crippen LogP contribution in [0, 0.1) is 0 Å². The number of esters is 1. The van der Waals surface area contributed by atoms with Crippen LogP contribution in [-0.2, 0) is 14.3 Å². The number of methoxy groups -OCH3 is 2. The summed E-state index contributed by atoms with van der Waals surface area (Å²) in [4.78, 5) is 33.7. The number of hydrogen-bond donors (Lipinski definition) is 1. The topological polar surface area (TPSA) is 118 Å². The molecule has 1 aromatic carbocycles. The first-order valence-electron chi connectivity index (χ1n) is 7.56. The molecule has 0 saturated heterocycles. The van der Waals surface area contributed by atoms with Crippen LogP contribution in [0.25, 0.3) is 0 Å². The summed E-state index contributed by atoms with van der Waals surface area (Å²) in [5, 5.41) is 9.05. The molecule has 9 nitrogen and oxygen atoms in total. The highest BCUT2D eigenvalue weighted by Crippen LogP contribution is 2.38. The standard InChI is InChI=1S/C17H20O9/c1-4-14(18)24-7-5-6-8-25-17(21)26-15-12(22-2)9-11(16(19)20)10-13(15)23-3/h4,9-10H,1,5-8H2,2-3H3,(H,19,20). The van der Waals surface area contributed by atoms with Crippen molar-refractivity contribution in [3.05, 3.63) is 30.4 Å². The van der Waals surface area contributed by atoms with Crippen molar-refractivity contribution in [2.75, 3.05) is 27.4 Å². The van der Waals surface area contributed by atoms with Crippen molar-refractivity contribution >= 4 is 18.1 Å². The summed E-state index contributed by atoms with van der Waals surface area (Å²) in [5.74, 6) is -1.78. The second kappa shape index (κ2) is 10.6. The molecule has 0 fully saturated rings. The van der Waals surface area contributed by atoms with Gasteiger partial charge < -0.3 is 28.8 Å². The summed E-state index contributed by atoms with van der Waals surface area (Å²) in [6.07, 6.45) is 0.996. The van der Waals surface area contributed by atoms with Gasteiger partial charge in [-0.2, -0.15) is 0 Å². The van der Waals surface area contributed by atoms with Gasteiger partial charge in [-0.25, -0.2) is 14.4 Å². The first-order chi connectivity index (χ1) is 12.4. The molecule has 0 bridgehead atoms. The van der Waals surface area contributed by atoms with E-state index in [2.05, 4.69) is 6.58 Å². The van der Waals surface area contributed by atoms with E-state index in [9.17, 15) is 14.4 Å². The predicted molar refractivity (Wildman–Crippen MR) is 88.9 cm³/mol. The lowest BCUT2D eigenvalue weighted by molar-refractivity contribution is -0.137. The monoisotopic (exact) mass is 368 g/mol. The van der Waals surface area contributed by atoms with Crippen LogP contribution in [0.1, 0.15) is 23.2 Å². The van der Waals surface area contributed by atoms with Crippen molar-refractivity contribution in [1.29, 1.82) is 0 Å². The zero-order valence-corrected chi connectivity index (χ0v) is 14.5. The van der Waals surface area contributed by atoms with Crippen molar-refractivity contribution < 1.29 is 43.2 Å². The van der Waals surface area contributed by atoms with Crippen LogP contribution in [0.3, 0.4) is 0 Å². The highest BCUT2D eigenvalue weighted by molar-refractivity contribution is 5.89. The SMILES string of the molecule is C=CC(=O)OCCCCOC(=O)Oc1c(OC)cc(C(=O)O)cc1OC. The minimum absolute atomic E-state index is 0.00929. The van der Waals surface area contributed by atoms with Gasteiger partial charge in [-0.15, -0.1) is 0 Å². The van der Waals surface area contributed by atoms with E-state index in [4.69, 9.17) is 28.8 Å². The number of hydrogen-bond acceptors (Lipinski definition) is 8. The van der Waals surface area contributed by atoms with Crippen LogP contribution in [0.4, 0.5) is 4.79 Å². The largest absolute Gasteiger partial charge is 0.514 e. The van der Waals surface area contributed by atoms with E-state index < -0.39 is 18.1 Å². The maximum atomic E-state index is 11.8. The van der Waals surface area contributed by atoms with E-state index in [1.165, 1.54) is 26.4 Å². The van der Waals surface area contributed by atoms with E-state index in [0.29, 0.717) is 12.8 Å². The van der Waals surface area contributed by atoms with Gasteiger partial charge in [0, 0.05) is 6.08 Å². The van der Waals surface area contributed by atoms with Gasteiger partial charge in [-0.05, 0) is 25.0 Å². The number of carboxylic acids is 1. The zero-order valence-electron chi connectivity index (χ0n) is 14.5. The lowest BCUT2D eigenvalue weighted by Gasteiger charge is -2.14. The van der Waals surface area contributed by atoms with Crippen molar-refractivity contribution in [2.24, 2.45) is 0 Å². The fraction of sp³-hybridized carbons (Fsp3) is 0.353. The third-order valence-electron chi connectivity index (χ3n) is 3.06. The summed E-state index contributed by atoms with van der Waals surface area (Å²) in [6, 6.07) is 2.39. The molecule has 0 atom stereocenters. The quantitative estimate of drug-likeness (QED) is 0.287. The molecule has 0 radical (unpaired) electrons. The molecule has 0 spiro atoms. The highest BCUT2D eigenvalue weighted by atomic mass is 16.7. The first kappa shape index (κ1) is 20.8. The Balaban J connectivity index is 2.59. The Morgan fingerprint density at radius 2 is 1.58 bits per heavy atom. The van der Waals surface area contributed by atoms with Crippen LogP contribution in [0.15, 0.2) is 24.8 Å². The van der Waals surface area contributed by atoms with Crippen LogP contribution >= 0.6 is 0 Å². The van der Waals surface area contributed by atoms with Gasteiger partial charge in [0.25, 0.3) is 0 Å². The fourth-order valence-corrected chi connectivity index (χ4v) is 1.81. The van der Waals surface area contributed by atoms with Crippen LogP contribution in [0.5, 0.6) is 17.2 Å². The minimum Gasteiger partial charge on any atom is -0.493 e. The summed E-state index contributed by atoms with van der Waals surface area (Å²) in [7, 11) is 2.59. The smallest absolute Gasteiger partial charge is 0.493 e. The number of benzene rings is 1. The van der Waals surface area contributed by atoms with Crippen molar-refractivity contribution in [3.8, 4) is 17.2 Å². The molecule has 142 valence electrons. The van der Waals surface area contributed by atoms with Gasteiger partial charge in [0.05, 0.1) is 33.0 Å². The lowest BCUT2D eigenvalue weighted by Crippen LogP contribution is -2.13. The van der Waals surface area contributed by atoms with E-state index in [0.717, 1.165) is 6.08 Å². The van der Waals surface area contributed by atoms with Crippen LogP contribution in [-0.4, -0.2) is 50.6 Å². The van der Waals surface area contributed by atoms with Gasteiger partial charge in [-0.1, -0.05) is 6.58 Å². The van der Waals surface area contributed by atoms with Gasteiger partial charge in [0.1, 0.15) is 0 Å². The second-order valence-corrected chi connectivity index (χ2v) is 4.79. The number of carboxylic acid groups (broad SMARTS) is 1. The normalized spacial score (nSPS) is 9.77. The number of unbranched alkanes of at least 4 members (excludes halogenated alkanes) is 1. The summed E-state index contributed by atoms with van der Waals surface area (Å²) < 4.78 is 24.8. The molecule has 0 aliphatic carbocycles. The van der Waals surface area contributed by atoms with Crippen molar-refractivity contribution in [2.45, 2.75) is 12.8 Å². The Morgan fingerprint density at radius 3 is 2.04 bits per heavy atom. The number of carbonyl (C=O) groups excluding carboxylic acids is 2. The molecule has 26 heavy (non-hydrogen) atoms. The van der Waals surface area contributed by atoms with Gasteiger partial charge in [0.2, 0.25) is 5.75 Å². The molecule has 9 heteroatoms. The molecule has 1 rings (SSSR count). The Morgan fingerprint density at radius 1 is 1.04 bits per heavy atom. The third kappa shape index (κ3) is 6.34. The molecule has 0 aromatic heterocycles. The Labute approximate surface area is 150 Å². The van der Waals surface area contributed by atoms with Gasteiger partial charge in [0.15, 0.2) is 11.5 Å². The maximum Gasteiger partial charge on any atom is 0.514 e. The van der Waals surface area contributed by atoms with E-state index in [-0.39, 0.29) is 36.0 Å². The van der Waals surface area contributed by atoms with E-state index >= 15 is 0 Å².